The Morgan fingerprint density at radius 2 is 1.32 bits per heavy atom. The topological polar surface area (TPSA) is 289 Å². The summed E-state index contributed by atoms with van der Waals surface area (Å²) in [4.78, 5) is 191. The summed E-state index contributed by atoms with van der Waals surface area (Å²) in [6, 6.07) is -10.7. The minimum atomic E-state index is -4.45. The number of nitrogens with one attached hydrogen (secondary N) is 3. The van der Waals surface area contributed by atoms with Gasteiger partial charge in [-0.1, -0.05) is 59.1 Å². The largest absolute Gasteiger partial charge is 0.391 e. The number of amides is 12. The summed E-state index contributed by atoms with van der Waals surface area (Å²) in [5.74, 6) is -11.7. The lowest BCUT2D eigenvalue weighted by Crippen LogP contribution is -2.68. The van der Waals surface area contributed by atoms with Crippen molar-refractivity contribution in [2.75, 3.05) is 103 Å². The number of likely N-dealkylation sites (N-methyl/N-ethyl adjacent to an activating group) is 7. The van der Waals surface area contributed by atoms with E-state index in [2.05, 4.69) is 16.0 Å². The smallest absolute Gasteiger partial charge is 0.382 e. The second-order valence-electron chi connectivity index (χ2n) is 29.8. The van der Waals surface area contributed by atoms with E-state index in [1.807, 2.05) is 13.8 Å². The number of ether oxygens (including phenoxy) is 2. The van der Waals surface area contributed by atoms with Gasteiger partial charge in [0.15, 0.2) is 0 Å². The van der Waals surface area contributed by atoms with Gasteiger partial charge in [-0.15, -0.1) is 23.2 Å². The van der Waals surface area contributed by atoms with Gasteiger partial charge >= 0.3 is 6.18 Å². The molecule has 582 valence electrons. The van der Waals surface area contributed by atoms with Crippen LogP contribution in [0, 0.1) is 29.6 Å². The Balaban J connectivity index is 1.47. The molecule has 3 heterocycles. The van der Waals surface area contributed by atoms with Crippen LogP contribution in [0.4, 0.5) is 13.2 Å². The third kappa shape index (κ3) is 21.3. The van der Waals surface area contributed by atoms with Gasteiger partial charge in [-0.3, -0.25) is 57.5 Å². The molecule has 0 aromatic rings. The first-order valence-electron chi connectivity index (χ1n) is 36.9. The van der Waals surface area contributed by atoms with Gasteiger partial charge in [0.05, 0.1) is 43.5 Å². The monoisotopic (exact) mass is 1500 g/mol. The number of carbonyl (C=O) groups is 12. The number of methoxy groups -OCH3 is 1. The number of fused-ring (bicyclic) bond motifs is 3. The highest BCUT2D eigenvalue weighted by molar-refractivity contribution is 6.30. The van der Waals surface area contributed by atoms with Gasteiger partial charge in [0.25, 0.3) is 0 Å². The SMILES string of the molecule is CCO[C@@H]1C[C@H]2C(=O)NC3(CCC3)C(=O)N(C)[C@@H](C(CC)CC)C(=O)N(C)[C@H](C(=O)N(C)C)CC(=O)N(C)[C@@H](COC)C(=O)N[C@@H]([C@@H](C)CC)C(=O)N(C)CC(=O)N(C)[C@H]3C/C=C\CCN(C3=O)[C@@H](CC3CCC(C(F)(F)F)CC3)C(=O)N(C)CC(=O)N[C@@H](CCC3CCC(Cl)C(Cl)C3)C(=O)N2C1. The number of alkyl halides is 5. The number of nitrogens with zero attached hydrogens (tertiary/aromatic N) is 9. The zero-order valence-corrected chi connectivity index (χ0v) is 64.4. The summed E-state index contributed by atoms with van der Waals surface area (Å²) in [6.45, 7) is 7.30. The molecule has 0 aromatic carbocycles. The fourth-order valence-corrected chi connectivity index (χ4v) is 16.2. The Bertz CT molecular complexity index is 3030. The van der Waals surface area contributed by atoms with Gasteiger partial charge in [-0.2, -0.15) is 13.2 Å². The molecule has 12 amide bonds. The number of hydrogen-bond donors (Lipinski definition) is 3. The fourth-order valence-electron chi connectivity index (χ4n) is 15.6. The predicted molar refractivity (Wildman–Crippen MR) is 380 cm³/mol. The van der Waals surface area contributed by atoms with Crippen LogP contribution in [0.3, 0.4) is 0 Å². The van der Waals surface area contributed by atoms with Crippen molar-refractivity contribution in [1.82, 2.24) is 60.0 Å². The first kappa shape index (κ1) is 85.6. The van der Waals surface area contributed by atoms with Crippen LogP contribution >= 0.6 is 23.2 Å². The van der Waals surface area contributed by atoms with Crippen molar-refractivity contribution in [1.29, 1.82) is 0 Å². The van der Waals surface area contributed by atoms with E-state index >= 15 is 28.8 Å². The van der Waals surface area contributed by atoms with Crippen LogP contribution in [0.25, 0.3) is 0 Å². The molecular formula is C72H115Cl2F3N12O14. The minimum absolute atomic E-state index is 0.00675. The van der Waals surface area contributed by atoms with Crippen LogP contribution < -0.4 is 16.0 Å². The molecule has 5 fully saturated rings. The maximum Gasteiger partial charge on any atom is 0.391 e. The van der Waals surface area contributed by atoms with Crippen LogP contribution in [-0.2, 0) is 67.0 Å². The van der Waals surface area contributed by atoms with Crippen molar-refractivity contribution < 1.29 is 80.2 Å². The van der Waals surface area contributed by atoms with Crippen molar-refractivity contribution in [2.45, 2.75) is 240 Å². The van der Waals surface area contributed by atoms with E-state index in [-0.39, 0.29) is 107 Å². The van der Waals surface area contributed by atoms with Crippen molar-refractivity contribution >= 4 is 94.1 Å². The van der Waals surface area contributed by atoms with Gasteiger partial charge < -0.3 is 69.5 Å². The highest BCUT2D eigenvalue weighted by Crippen LogP contribution is 2.42. The van der Waals surface area contributed by atoms with E-state index in [1.54, 1.807) is 32.9 Å². The molecule has 31 heteroatoms. The first-order valence-corrected chi connectivity index (χ1v) is 37.8. The number of rotatable bonds is 15. The van der Waals surface area contributed by atoms with E-state index in [9.17, 15) is 41.9 Å². The molecule has 3 saturated carbocycles. The Labute approximate surface area is 616 Å². The normalized spacial score (nSPS) is 31.1. The van der Waals surface area contributed by atoms with Crippen LogP contribution in [-0.4, -0.2) is 295 Å². The Kier molecular flexibility index (Phi) is 31.8. The Morgan fingerprint density at radius 3 is 1.89 bits per heavy atom. The van der Waals surface area contributed by atoms with Crippen LogP contribution in [0.2, 0.25) is 0 Å². The summed E-state index contributed by atoms with van der Waals surface area (Å²) in [5.41, 5.74) is -1.58. The summed E-state index contributed by atoms with van der Waals surface area (Å²) in [6.07, 6.45) is 1.63. The maximum atomic E-state index is 15.5. The van der Waals surface area contributed by atoms with Gasteiger partial charge in [-0.05, 0) is 127 Å². The Morgan fingerprint density at radius 1 is 0.680 bits per heavy atom. The summed E-state index contributed by atoms with van der Waals surface area (Å²) in [7, 11) is 12.4. The van der Waals surface area contributed by atoms with Gasteiger partial charge in [0, 0.05) is 95.0 Å². The lowest BCUT2D eigenvalue weighted by atomic mass is 9.74. The minimum Gasteiger partial charge on any atom is -0.382 e. The molecule has 6 rings (SSSR count). The molecule has 3 unspecified atom stereocenters. The van der Waals surface area contributed by atoms with E-state index in [1.165, 1.54) is 83.1 Å². The zero-order chi connectivity index (χ0) is 76.7. The van der Waals surface area contributed by atoms with Gasteiger partial charge in [0.1, 0.15) is 53.9 Å². The molecular weight excluding hydrogens is 1380 g/mol. The number of hydrogen-bond acceptors (Lipinski definition) is 14. The molecule has 6 aliphatic rings. The van der Waals surface area contributed by atoms with Crippen molar-refractivity contribution in [3.8, 4) is 0 Å². The van der Waals surface area contributed by atoms with Crippen molar-refractivity contribution in [3.63, 3.8) is 0 Å². The highest BCUT2D eigenvalue weighted by Gasteiger charge is 2.54. The standard InChI is InChI=1S/C72H115Cl2F3N12O14/c1-15-43(5)60-68(99)83(9)41-59(92)84(10)52-23-20-19-21-34-88(67(52)98)55(36-45-24-28-47(29-25-45)72(75,76)77)66(97)82(8)40-57(90)78-51(31-27-44-26-30-49(73)50(74)35-44)64(95)89-39-48(103-18-4)37-53(89)63(94)80-71(32-22-33-71)70(101)87(13)61(46(16-2)17-3)69(100)86(12)54(65(96)81(6)7)38-58(91)85(11)56(42-102-14)62(93)79-60/h19-20,43-56,60-61H,15-18,21-42H2,1-14H3,(H,78,90)(H,79,93)(H,80,94)/b20-19-/t43-,44?,45?,47?,48+,49?,50?,51-,52-,53-,54-,55-,56-,60-,61-/m0/s1. The molecule has 2 bridgehead atoms. The van der Waals surface area contributed by atoms with Crippen molar-refractivity contribution in [3.05, 3.63) is 12.2 Å². The molecule has 13 atom stereocenters. The summed E-state index contributed by atoms with van der Waals surface area (Å²) >= 11 is 13.3. The number of halogens is 5. The lowest BCUT2D eigenvalue weighted by Gasteiger charge is -2.47. The molecule has 26 nitrogen and oxygen atoms in total. The molecule has 3 N–H and O–H groups in total. The Hall–Kier alpha value is -6.33. The van der Waals surface area contributed by atoms with Crippen molar-refractivity contribution in [2.24, 2.45) is 29.6 Å². The third-order valence-electron chi connectivity index (χ3n) is 22.7. The van der Waals surface area contributed by atoms with Crippen LogP contribution in [0.5, 0.6) is 0 Å². The molecule has 3 aliphatic heterocycles. The van der Waals surface area contributed by atoms with E-state index in [0.29, 0.717) is 51.4 Å². The van der Waals surface area contributed by atoms with E-state index < -0.39 is 187 Å². The second-order valence-corrected chi connectivity index (χ2v) is 30.9. The molecule has 3 aliphatic carbocycles. The number of carbonyl (C=O) groups excluding carboxylic acids is 12. The average molecular weight is 1500 g/mol. The van der Waals surface area contributed by atoms with Crippen LogP contribution in [0.15, 0.2) is 12.2 Å². The molecule has 103 heavy (non-hydrogen) atoms. The van der Waals surface area contributed by atoms with Gasteiger partial charge in [0.2, 0.25) is 70.9 Å². The molecule has 0 aromatic heterocycles. The molecule has 2 saturated heterocycles. The fraction of sp³-hybridized carbons (Fsp3) is 0.806. The van der Waals surface area contributed by atoms with E-state index in [0.717, 1.165) is 24.5 Å². The highest BCUT2D eigenvalue weighted by atomic mass is 35.5. The summed E-state index contributed by atoms with van der Waals surface area (Å²) in [5, 5.41) is 8.05. The molecule has 0 radical (unpaired) electrons. The third-order valence-corrected chi connectivity index (χ3v) is 23.8. The quantitative estimate of drug-likeness (QED) is 0.145. The maximum absolute atomic E-state index is 15.5. The first-order chi connectivity index (χ1) is 48.5. The average Bonchev–Trinajstić information content (AvgIpc) is 1.61. The lowest BCUT2D eigenvalue weighted by molar-refractivity contribution is -0.184. The van der Waals surface area contributed by atoms with Crippen LogP contribution in [0.1, 0.15) is 163 Å². The molecule has 1 spiro atoms. The predicted octanol–water partition coefficient (Wildman–Crippen LogP) is 4.95. The second kappa shape index (κ2) is 38.3. The summed E-state index contributed by atoms with van der Waals surface area (Å²) < 4.78 is 53.9. The zero-order valence-electron chi connectivity index (χ0n) is 62.9. The van der Waals surface area contributed by atoms with E-state index in [4.69, 9.17) is 32.7 Å². The van der Waals surface area contributed by atoms with Gasteiger partial charge in [-0.25, -0.2) is 0 Å².